The Morgan fingerprint density at radius 1 is 1.40 bits per heavy atom. The fourth-order valence-corrected chi connectivity index (χ4v) is 2.35. The Hall–Kier alpha value is -1.55. The summed E-state index contributed by atoms with van der Waals surface area (Å²) in [5.74, 6) is -0.663. The van der Waals surface area contributed by atoms with Gasteiger partial charge in [-0.2, -0.15) is 0 Å². The summed E-state index contributed by atoms with van der Waals surface area (Å²) >= 11 is 5.80. The topological polar surface area (TPSA) is 55.4 Å². The van der Waals surface area contributed by atoms with Gasteiger partial charge in [0.25, 0.3) is 5.91 Å². The summed E-state index contributed by atoms with van der Waals surface area (Å²) in [5, 5.41) is 3.45. The van der Waals surface area contributed by atoms with E-state index < -0.39 is 6.10 Å². The highest BCUT2D eigenvalue weighted by molar-refractivity contribution is 6.30. The highest BCUT2D eigenvalue weighted by Crippen LogP contribution is 2.31. The lowest BCUT2D eigenvalue weighted by atomic mass is 9.83. The molecule has 1 heterocycles. The minimum Gasteiger partial charge on any atom is -0.451 e. The van der Waals surface area contributed by atoms with Crippen molar-refractivity contribution in [2.75, 3.05) is 0 Å². The number of hydrogen-bond donors (Lipinski definition) is 1. The van der Waals surface area contributed by atoms with Crippen molar-refractivity contribution in [1.82, 2.24) is 5.32 Å². The van der Waals surface area contributed by atoms with E-state index in [1.807, 2.05) is 26.0 Å². The molecule has 0 radical (unpaired) electrons. The van der Waals surface area contributed by atoms with E-state index in [4.69, 9.17) is 16.3 Å². The predicted molar refractivity (Wildman–Crippen MR) is 76.1 cm³/mol. The summed E-state index contributed by atoms with van der Waals surface area (Å²) in [7, 11) is 0. The summed E-state index contributed by atoms with van der Waals surface area (Å²) < 4.78 is 4.97. The number of rotatable bonds is 5. The molecule has 0 bridgehead atoms. The van der Waals surface area contributed by atoms with Gasteiger partial charge in [-0.3, -0.25) is 9.59 Å². The van der Waals surface area contributed by atoms with Gasteiger partial charge in [-0.1, -0.05) is 44.0 Å². The van der Waals surface area contributed by atoms with Crippen molar-refractivity contribution in [1.29, 1.82) is 0 Å². The van der Waals surface area contributed by atoms with Gasteiger partial charge >= 0.3 is 5.97 Å². The highest BCUT2D eigenvalue weighted by atomic mass is 35.5. The molecule has 0 saturated carbocycles. The maximum atomic E-state index is 12.0. The Kier molecular flexibility index (Phi) is 4.65. The van der Waals surface area contributed by atoms with Crippen molar-refractivity contribution in [3.8, 4) is 0 Å². The van der Waals surface area contributed by atoms with Gasteiger partial charge in [0.15, 0.2) is 6.10 Å². The molecule has 108 valence electrons. The van der Waals surface area contributed by atoms with Crippen molar-refractivity contribution >= 4 is 23.5 Å². The number of ether oxygens (including phenoxy) is 1. The third kappa shape index (κ3) is 3.12. The molecule has 1 aromatic rings. The number of hydrogen-bond acceptors (Lipinski definition) is 3. The number of esters is 1. The van der Waals surface area contributed by atoms with Crippen LogP contribution in [-0.2, 0) is 20.9 Å². The van der Waals surface area contributed by atoms with Crippen LogP contribution in [0.25, 0.3) is 0 Å². The fraction of sp³-hybridized carbons (Fsp3) is 0.467. The van der Waals surface area contributed by atoms with Gasteiger partial charge < -0.3 is 10.1 Å². The van der Waals surface area contributed by atoms with E-state index in [0.717, 1.165) is 12.0 Å². The summed E-state index contributed by atoms with van der Waals surface area (Å²) in [6, 6.07) is 7.24. The number of carbonyl (C=O) groups excluding carboxylic acids is 2. The lowest BCUT2D eigenvalue weighted by Gasteiger charge is -2.37. The van der Waals surface area contributed by atoms with Crippen LogP contribution in [0.3, 0.4) is 0 Å². The molecule has 4 nitrogen and oxygen atoms in total. The Bertz CT molecular complexity index is 500. The number of nitrogens with one attached hydrogen (secondary N) is 1. The van der Waals surface area contributed by atoms with E-state index in [9.17, 15) is 9.59 Å². The predicted octanol–water partition coefficient (Wildman–Crippen LogP) is 2.54. The maximum Gasteiger partial charge on any atom is 0.314 e. The Labute approximate surface area is 123 Å². The van der Waals surface area contributed by atoms with Crippen LogP contribution in [0.2, 0.25) is 5.02 Å². The molecule has 1 saturated heterocycles. The van der Waals surface area contributed by atoms with E-state index in [1.54, 1.807) is 12.1 Å². The molecule has 0 aromatic heterocycles. The molecule has 1 N–H and O–H groups in total. The molecule has 0 unspecified atom stereocenters. The van der Waals surface area contributed by atoms with Gasteiger partial charge in [0.1, 0.15) is 5.92 Å². The van der Waals surface area contributed by atoms with Crippen LogP contribution in [0.15, 0.2) is 24.3 Å². The van der Waals surface area contributed by atoms with Crippen molar-refractivity contribution in [2.45, 2.75) is 32.9 Å². The molecule has 2 rings (SSSR count). The van der Waals surface area contributed by atoms with Gasteiger partial charge in [0, 0.05) is 11.6 Å². The van der Waals surface area contributed by atoms with Gasteiger partial charge in [0.2, 0.25) is 0 Å². The first-order valence-electron chi connectivity index (χ1n) is 6.75. The Morgan fingerprint density at radius 3 is 2.60 bits per heavy atom. The molecule has 0 spiro atoms. The van der Waals surface area contributed by atoms with E-state index in [-0.39, 0.29) is 23.7 Å². The molecule has 1 aliphatic heterocycles. The minimum atomic E-state index is -0.648. The maximum absolute atomic E-state index is 12.0. The Balaban J connectivity index is 1.89. The molecule has 1 aromatic carbocycles. The van der Waals surface area contributed by atoms with Gasteiger partial charge in [0.05, 0.1) is 0 Å². The molecule has 1 amide bonds. The lowest BCUT2D eigenvalue weighted by Crippen LogP contribution is -2.56. The lowest BCUT2D eigenvalue weighted by molar-refractivity contribution is -0.193. The third-order valence-corrected chi connectivity index (χ3v) is 3.99. The van der Waals surface area contributed by atoms with Crippen LogP contribution in [0.4, 0.5) is 0 Å². The quantitative estimate of drug-likeness (QED) is 0.849. The van der Waals surface area contributed by atoms with E-state index in [1.165, 1.54) is 0 Å². The number of cyclic esters (lactones) is 1. The zero-order valence-corrected chi connectivity index (χ0v) is 12.3. The van der Waals surface area contributed by atoms with Gasteiger partial charge in [-0.25, -0.2) is 0 Å². The normalized spacial score (nSPS) is 22.6. The zero-order chi connectivity index (χ0) is 14.7. The minimum absolute atomic E-state index is 0.155. The van der Waals surface area contributed by atoms with Gasteiger partial charge in [-0.15, -0.1) is 0 Å². The van der Waals surface area contributed by atoms with E-state index >= 15 is 0 Å². The number of benzene rings is 1. The van der Waals surface area contributed by atoms with E-state index in [2.05, 4.69) is 5.32 Å². The first kappa shape index (κ1) is 14.9. The van der Waals surface area contributed by atoms with Crippen LogP contribution < -0.4 is 5.32 Å². The Morgan fingerprint density at radius 2 is 2.05 bits per heavy atom. The first-order valence-corrected chi connectivity index (χ1v) is 7.13. The van der Waals surface area contributed by atoms with Crippen molar-refractivity contribution in [2.24, 2.45) is 11.8 Å². The van der Waals surface area contributed by atoms with E-state index in [0.29, 0.717) is 11.6 Å². The van der Waals surface area contributed by atoms with Crippen molar-refractivity contribution in [3.05, 3.63) is 34.9 Å². The number of halogens is 1. The molecular formula is C15H18ClNO3. The molecule has 1 fully saturated rings. The molecule has 1 aliphatic rings. The second kappa shape index (κ2) is 6.27. The summed E-state index contributed by atoms with van der Waals surface area (Å²) in [6.45, 7) is 4.36. The standard InChI is InChI=1S/C15H18ClNO3/c1-3-9(2)12-13(20-15(12)19)14(18)17-8-10-4-6-11(16)7-5-10/h4-7,9,12-13H,3,8H2,1-2H3,(H,17,18)/t9-,12-,13+/m0/s1. The molecular weight excluding hydrogens is 278 g/mol. The first-order chi connectivity index (χ1) is 9.52. The van der Waals surface area contributed by atoms with Crippen LogP contribution in [-0.4, -0.2) is 18.0 Å². The second-order valence-corrected chi connectivity index (χ2v) is 5.55. The average molecular weight is 296 g/mol. The number of amides is 1. The zero-order valence-electron chi connectivity index (χ0n) is 11.6. The van der Waals surface area contributed by atoms with Gasteiger partial charge in [-0.05, 0) is 23.6 Å². The van der Waals surface area contributed by atoms with Crippen LogP contribution in [0, 0.1) is 11.8 Å². The van der Waals surface area contributed by atoms with Crippen LogP contribution in [0.1, 0.15) is 25.8 Å². The summed E-state index contributed by atoms with van der Waals surface area (Å²) in [4.78, 5) is 23.5. The summed E-state index contributed by atoms with van der Waals surface area (Å²) in [5.41, 5.74) is 0.952. The van der Waals surface area contributed by atoms with Crippen LogP contribution >= 0.6 is 11.6 Å². The molecule has 20 heavy (non-hydrogen) atoms. The van der Waals surface area contributed by atoms with Crippen LogP contribution in [0.5, 0.6) is 0 Å². The smallest absolute Gasteiger partial charge is 0.314 e. The monoisotopic (exact) mass is 295 g/mol. The molecule has 5 heteroatoms. The number of carbonyl (C=O) groups is 2. The van der Waals surface area contributed by atoms with Crippen molar-refractivity contribution < 1.29 is 14.3 Å². The molecule has 3 atom stereocenters. The second-order valence-electron chi connectivity index (χ2n) is 5.11. The highest BCUT2D eigenvalue weighted by Gasteiger charge is 2.49. The summed E-state index contributed by atoms with van der Waals surface area (Å²) in [6.07, 6.45) is 0.200. The van der Waals surface area contributed by atoms with Crippen molar-refractivity contribution in [3.63, 3.8) is 0 Å². The average Bonchev–Trinajstić information content (AvgIpc) is 2.43. The molecule has 0 aliphatic carbocycles. The SMILES string of the molecule is CC[C@H](C)[C@@H]1C(=O)O[C@H]1C(=O)NCc1ccc(Cl)cc1. The third-order valence-electron chi connectivity index (χ3n) is 3.74. The largest absolute Gasteiger partial charge is 0.451 e. The fourth-order valence-electron chi connectivity index (χ4n) is 2.22.